The molecule has 1 aromatic rings. The van der Waals surface area contributed by atoms with Gasteiger partial charge in [0, 0.05) is 10.8 Å². The fraction of sp³-hybridized carbons (Fsp3) is 0.679. The van der Waals surface area contributed by atoms with Gasteiger partial charge in [-0.25, -0.2) is 0 Å². The van der Waals surface area contributed by atoms with Crippen molar-refractivity contribution in [3.63, 3.8) is 0 Å². The van der Waals surface area contributed by atoms with Crippen LogP contribution in [0.5, 0.6) is 0 Å². The van der Waals surface area contributed by atoms with E-state index in [1.54, 1.807) is 11.3 Å². The molecule has 4 aliphatic rings. The second-order valence-corrected chi connectivity index (χ2v) is 12.5. The number of allylic oxidation sites excluding steroid dienone is 2. The van der Waals surface area contributed by atoms with Crippen LogP contribution in [0.3, 0.4) is 0 Å². The number of nitrogens with zero attached hydrogens (tertiary/aromatic N) is 1. The van der Waals surface area contributed by atoms with E-state index in [9.17, 15) is 9.59 Å². The fourth-order valence-electron chi connectivity index (χ4n) is 8.13. The van der Waals surface area contributed by atoms with Crippen LogP contribution in [-0.4, -0.2) is 24.0 Å². The summed E-state index contributed by atoms with van der Waals surface area (Å²) in [7, 11) is 0. The lowest BCUT2D eigenvalue weighted by molar-refractivity contribution is -0.128. The molecule has 34 heavy (non-hydrogen) atoms. The van der Waals surface area contributed by atoms with E-state index in [-0.39, 0.29) is 29.3 Å². The zero-order valence-electron chi connectivity index (χ0n) is 20.8. The first kappa shape index (κ1) is 23.8. The van der Waals surface area contributed by atoms with Crippen molar-refractivity contribution < 1.29 is 14.4 Å². The molecular weight excluding hydrogens is 444 g/mol. The predicted molar refractivity (Wildman–Crippen MR) is 135 cm³/mol. The zero-order valence-corrected chi connectivity index (χ0v) is 21.6. The van der Waals surface area contributed by atoms with Gasteiger partial charge in [-0.1, -0.05) is 30.6 Å². The van der Waals surface area contributed by atoms with Crippen LogP contribution in [0.25, 0.3) is 0 Å². The summed E-state index contributed by atoms with van der Waals surface area (Å²) in [6, 6.07) is 3.99. The monoisotopic (exact) mass is 482 g/mol. The minimum atomic E-state index is -0.141. The first-order valence-electron chi connectivity index (χ1n) is 13.0. The van der Waals surface area contributed by atoms with Crippen LogP contribution in [0, 0.1) is 34.5 Å². The average molecular weight is 483 g/mol. The van der Waals surface area contributed by atoms with Crippen molar-refractivity contribution in [3.8, 4) is 0 Å². The number of carbonyl (C=O) groups is 2. The SMILES string of the molecule is CC(=O)C1CCC2C3CCC4=CC(=NOCC(=O)NCc5cccs5)CCC4(C)C3CCC12C. The van der Waals surface area contributed by atoms with Crippen molar-refractivity contribution >= 4 is 28.7 Å². The third-order valence-corrected chi connectivity index (χ3v) is 10.8. The number of amides is 1. The van der Waals surface area contributed by atoms with Gasteiger partial charge in [-0.15, -0.1) is 11.3 Å². The Morgan fingerprint density at radius 1 is 1.15 bits per heavy atom. The van der Waals surface area contributed by atoms with Gasteiger partial charge < -0.3 is 10.2 Å². The lowest BCUT2D eigenvalue weighted by Gasteiger charge is -2.58. The minimum Gasteiger partial charge on any atom is -0.385 e. The quantitative estimate of drug-likeness (QED) is 0.513. The molecule has 5 rings (SSSR count). The molecule has 0 bridgehead atoms. The largest absolute Gasteiger partial charge is 0.385 e. The second-order valence-electron chi connectivity index (χ2n) is 11.5. The van der Waals surface area contributed by atoms with Crippen molar-refractivity contribution in [2.75, 3.05) is 6.61 Å². The maximum absolute atomic E-state index is 12.4. The highest BCUT2D eigenvalue weighted by atomic mass is 32.1. The summed E-state index contributed by atoms with van der Waals surface area (Å²) < 4.78 is 0. The van der Waals surface area contributed by atoms with E-state index in [0.29, 0.717) is 24.2 Å². The van der Waals surface area contributed by atoms with Crippen molar-refractivity contribution in [1.29, 1.82) is 0 Å². The highest BCUT2D eigenvalue weighted by molar-refractivity contribution is 7.09. The third-order valence-electron chi connectivity index (χ3n) is 9.89. The summed E-state index contributed by atoms with van der Waals surface area (Å²) in [6.07, 6.45) is 11.4. The van der Waals surface area contributed by atoms with E-state index in [4.69, 9.17) is 4.84 Å². The van der Waals surface area contributed by atoms with Gasteiger partial charge >= 0.3 is 0 Å². The third kappa shape index (κ3) is 4.16. The van der Waals surface area contributed by atoms with Gasteiger partial charge in [-0.2, -0.15) is 0 Å². The first-order valence-corrected chi connectivity index (χ1v) is 13.9. The molecule has 0 radical (unpaired) electrons. The van der Waals surface area contributed by atoms with E-state index in [1.165, 1.54) is 31.3 Å². The molecule has 1 heterocycles. The van der Waals surface area contributed by atoms with E-state index in [0.717, 1.165) is 42.2 Å². The maximum atomic E-state index is 12.4. The summed E-state index contributed by atoms with van der Waals surface area (Å²) in [5.74, 6) is 2.69. The molecule has 5 nitrogen and oxygen atoms in total. The van der Waals surface area contributed by atoms with Crippen LogP contribution < -0.4 is 5.32 Å². The number of nitrogens with one attached hydrogen (secondary N) is 1. The predicted octanol–water partition coefficient (Wildman–Crippen LogP) is 5.90. The molecule has 0 saturated heterocycles. The molecular formula is C28H38N2O3S. The highest BCUT2D eigenvalue weighted by Crippen LogP contribution is 2.66. The minimum absolute atomic E-state index is 0.0441. The van der Waals surface area contributed by atoms with E-state index in [2.05, 4.69) is 30.4 Å². The summed E-state index contributed by atoms with van der Waals surface area (Å²) in [6.45, 7) is 7.20. The number of carbonyl (C=O) groups excluding carboxylic acids is 2. The summed E-state index contributed by atoms with van der Waals surface area (Å²) in [5.41, 5.74) is 2.93. The van der Waals surface area contributed by atoms with Crippen LogP contribution in [0.4, 0.5) is 0 Å². The average Bonchev–Trinajstić information content (AvgIpc) is 3.45. The topological polar surface area (TPSA) is 67.8 Å². The molecule has 6 unspecified atom stereocenters. The zero-order chi connectivity index (χ0) is 23.9. The van der Waals surface area contributed by atoms with Gasteiger partial charge in [0.05, 0.1) is 12.3 Å². The fourth-order valence-corrected chi connectivity index (χ4v) is 8.78. The molecule has 184 valence electrons. The van der Waals surface area contributed by atoms with Gasteiger partial charge in [0.2, 0.25) is 0 Å². The lowest BCUT2D eigenvalue weighted by Crippen LogP contribution is -2.51. The van der Waals surface area contributed by atoms with E-state index < -0.39 is 0 Å². The number of thiophene rings is 1. The molecule has 0 aromatic carbocycles. The smallest absolute Gasteiger partial charge is 0.261 e. The van der Waals surface area contributed by atoms with Crippen molar-refractivity contribution in [3.05, 3.63) is 34.0 Å². The number of ketones is 1. The number of oxime groups is 1. The Balaban J connectivity index is 1.21. The van der Waals surface area contributed by atoms with E-state index >= 15 is 0 Å². The highest BCUT2D eigenvalue weighted by Gasteiger charge is 2.59. The molecule has 3 fully saturated rings. The normalized spacial score (nSPS) is 37.9. The van der Waals surface area contributed by atoms with E-state index in [1.807, 2.05) is 24.4 Å². The van der Waals surface area contributed by atoms with Crippen LogP contribution >= 0.6 is 11.3 Å². The van der Waals surface area contributed by atoms with Crippen LogP contribution in [0.2, 0.25) is 0 Å². The number of rotatable bonds is 6. The maximum Gasteiger partial charge on any atom is 0.261 e. The molecule has 0 spiro atoms. The Bertz CT molecular complexity index is 999. The molecule has 3 saturated carbocycles. The molecule has 0 aliphatic heterocycles. The van der Waals surface area contributed by atoms with Crippen molar-refractivity contribution in [1.82, 2.24) is 5.32 Å². The van der Waals surface area contributed by atoms with Gasteiger partial charge in [0.25, 0.3) is 5.91 Å². The lowest BCUT2D eigenvalue weighted by atomic mass is 9.46. The number of Topliss-reactive ketones (excluding diaryl/α,β-unsaturated/α-hetero) is 1. The molecule has 6 heteroatoms. The molecule has 4 aliphatic carbocycles. The van der Waals surface area contributed by atoms with Gasteiger partial charge in [0.15, 0.2) is 6.61 Å². The Kier molecular flexibility index (Phi) is 6.47. The second kappa shape index (κ2) is 9.25. The first-order chi connectivity index (χ1) is 16.3. The van der Waals surface area contributed by atoms with Crippen LogP contribution in [0.1, 0.15) is 77.0 Å². The van der Waals surface area contributed by atoms with Gasteiger partial charge in [-0.3, -0.25) is 9.59 Å². The Labute approximate surface area is 207 Å². The Hall–Kier alpha value is -1.95. The van der Waals surface area contributed by atoms with Crippen molar-refractivity contribution in [2.24, 2.45) is 39.7 Å². The van der Waals surface area contributed by atoms with Gasteiger partial charge in [-0.05, 0) is 104 Å². The Morgan fingerprint density at radius 3 is 2.76 bits per heavy atom. The molecule has 1 N–H and O–H groups in total. The Morgan fingerprint density at radius 2 is 2.00 bits per heavy atom. The standard InChI is InChI=1S/C28H38N2O3S/c1-18(31)23-8-9-24-22-7-6-19-15-20(10-12-27(19,2)25(22)11-13-28(23,24)3)30-33-17-26(32)29-16-21-5-4-14-34-21/h4-5,14-15,22-25H,6-13,16-17H2,1-3H3,(H,29,32). The molecule has 6 atom stereocenters. The molecule has 1 aromatic heterocycles. The number of fused-ring (bicyclic) bond motifs is 5. The van der Waals surface area contributed by atoms with Crippen molar-refractivity contribution in [2.45, 2.75) is 78.7 Å². The van der Waals surface area contributed by atoms with Gasteiger partial charge in [0.1, 0.15) is 5.78 Å². The summed E-state index contributed by atoms with van der Waals surface area (Å²) in [4.78, 5) is 31.0. The van der Waals surface area contributed by atoms with Crippen LogP contribution in [0.15, 0.2) is 34.3 Å². The number of hydrogen-bond donors (Lipinski definition) is 1. The number of hydrogen-bond acceptors (Lipinski definition) is 5. The summed E-state index contributed by atoms with van der Waals surface area (Å²) in [5, 5.41) is 9.21. The molecule has 1 amide bonds. The summed E-state index contributed by atoms with van der Waals surface area (Å²) >= 11 is 1.63. The van der Waals surface area contributed by atoms with Crippen LogP contribution in [-0.2, 0) is 21.0 Å².